The largest absolute Gasteiger partial charge is 0.354 e. The molecular weight excluding hydrogens is 530 g/mol. The lowest BCUT2D eigenvalue weighted by molar-refractivity contribution is 0.0918. The first kappa shape index (κ1) is 26.4. The van der Waals surface area contributed by atoms with Gasteiger partial charge in [-0.05, 0) is 69.9 Å². The molecule has 12 nitrogen and oxygen atoms in total. The predicted molar refractivity (Wildman–Crippen MR) is 163 cm³/mol. The van der Waals surface area contributed by atoms with Crippen LogP contribution in [-0.4, -0.2) is 105 Å². The van der Waals surface area contributed by atoms with Crippen LogP contribution in [-0.2, 0) is 0 Å². The molecule has 5 aromatic heterocycles. The summed E-state index contributed by atoms with van der Waals surface area (Å²) in [6, 6.07) is 8.22. The van der Waals surface area contributed by atoms with Crippen LogP contribution in [0.3, 0.4) is 0 Å². The number of rotatable bonds is 6. The lowest BCUT2D eigenvalue weighted by Crippen LogP contribution is -2.44. The first-order valence-electron chi connectivity index (χ1n) is 14.5. The van der Waals surface area contributed by atoms with Crippen molar-refractivity contribution in [2.24, 2.45) is 0 Å². The number of likely N-dealkylation sites (N-methyl/N-ethyl adjacent to an activating group) is 1. The molecule has 1 amide bonds. The maximum atomic E-state index is 13.2. The predicted octanol–water partition coefficient (Wildman–Crippen LogP) is 2.99. The van der Waals surface area contributed by atoms with E-state index in [9.17, 15) is 4.79 Å². The standard InChI is InChI=1S/C30H35N11O/c1-38-8-6-21(7-9-38)35-29(42)25-19-34-41-10-5-20(15-26(25)41)23-17-32-28-24(23)18-33-30(37-28)36-22-3-4-27(31-16-22)40-13-11-39(2)12-14-40/h3-5,10,15-19,21H,6-9,11-14H2,1-2H3,(H,35,42)(H2,32,33,36,37). The zero-order chi connectivity index (χ0) is 28.6. The fourth-order valence-corrected chi connectivity index (χ4v) is 5.76. The summed E-state index contributed by atoms with van der Waals surface area (Å²) in [6.07, 6.45) is 11.0. The first-order chi connectivity index (χ1) is 20.5. The van der Waals surface area contributed by atoms with E-state index in [4.69, 9.17) is 4.98 Å². The Hall–Kier alpha value is -4.55. The van der Waals surface area contributed by atoms with Crippen LogP contribution in [0.4, 0.5) is 17.5 Å². The Morgan fingerprint density at radius 3 is 2.55 bits per heavy atom. The van der Waals surface area contributed by atoms with Gasteiger partial charge in [0.15, 0.2) is 0 Å². The molecular formula is C30H35N11O. The Kier molecular flexibility index (Phi) is 6.92. The van der Waals surface area contributed by atoms with Crippen LogP contribution in [0.1, 0.15) is 23.2 Å². The molecule has 0 atom stereocenters. The van der Waals surface area contributed by atoms with Gasteiger partial charge in [-0.3, -0.25) is 4.79 Å². The second-order valence-corrected chi connectivity index (χ2v) is 11.3. The van der Waals surface area contributed by atoms with E-state index in [1.165, 1.54) is 0 Å². The third kappa shape index (κ3) is 5.26. The van der Waals surface area contributed by atoms with E-state index in [0.29, 0.717) is 11.5 Å². The number of hydrogen-bond donors (Lipinski definition) is 3. The number of fused-ring (bicyclic) bond motifs is 2. The van der Waals surface area contributed by atoms with E-state index >= 15 is 0 Å². The number of pyridine rings is 2. The molecule has 12 heteroatoms. The van der Waals surface area contributed by atoms with E-state index in [2.05, 4.69) is 59.5 Å². The van der Waals surface area contributed by atoms with Gasteiger partial charge in [-0.2, -0.15) is 10.1 Å². The molecule has 0 unspecified atom stereocenters. The Labute approximate surface area is 243 Å². The number of hydrogen-bond acceptors (Lipinski definition) is 9. The molecule has 7 heterocycles. The number of H-pyrrole nitrogens is 1. The average molecular weight is 566 g/mol. The molecule has 2 aliphatic rings. The van der Waals surface area contributed by atoms with Gasteiger partial charge in [0.05, 0.1) is 29.2 Å². The minimum absolute atomic E-state index is 0.0827. The molecule has 0 aliphatic carbocycles. The minimum atomic E-state index is -0.0827. The molecule has 3 N–H and O–H groups in total. The van der Waals surface area contributed by atoms with Gasteiger partial charge in [0, 0.05) is 61.8 Å². The number of nitrogens with one attached hydrogen (secondary N) is 3. The number of aromatic nitrogens is 6. The molecule has 0 saturated carbocycles. The zero-order valence-electron chi connectivity index (χ0n) is 23.9. The fraction of sp³-hybridized carbons (Fsp3) is 0.367. The van der Waals surface area contributed by atoms with Gasteiger partial charge in [-0.15, -0.1) is 0 Å². The van der Waals surface area contributed by atoms with Crippen molar-refractivity contribution >= 4 is 39.9 Å². The number of nitrogens with zero attached hydrogens (tertiary/aromatic N) is 8. The molecule has 216 valence electrons. The van der Waals surface area contributed by atoms with Crippen molar-refractivity contribution in [3.63, 3.8) is 0 Å². The van der Waals surface area contributed by atoms with Gasteiger partial charge >= 0.3 is 0 Å². The van der Waals surface area contributed by atoms with E-state index in [-0.39, 0.29) is 11.9 Å². The number of piperidine rings is 1. The molecule has 0 aromatic carbocycles. The van der Waals surface area contributed by atoms with Gasteiger partial charge in [-0.25, -0.2) is 14.5 Å². The summed E-state index contributed by atoms with van der Waals surface area (Å²) in [7, 11) is 4.26. The normalized spacial score (nSPS) is 17.2. The van der Waals surface area contributed by atoms with Crippen LogP contribution >= 0.6 is 0 Å². The molecule has 2 fully saturated rings. The summed E-state index contributed by atoms with van der Waals surface area (Å²) >= 11 is 0. The summed E-state index contributed by atoms with van der Waals surface area (Å²) < 4.78 is 1.74. The number of carbonyl (C=O) groups is 1. The minimum Gasteiger partial charge on any atom is -0.354 e. The Bertz CT molecular complexity index is 1710. The second kappa shape index (κ2) is 11.0. The second-order valence-electron chi connectivity index (χ2n) is 11.3. The topological polar surface area (TPSA) is 123 Å². The van der Waals surface area contributed by atoms with Crippen molar-refractivity contribution < 1.29 is 4.79 Å². The molecule has 0 radical (unpaired) electrons. The van der Waals surface area contributed by atoms with E-state index in [0.717, 1.165) is 91.3 Å². The number of piperazine rings is 1. The Morgan fingerprint density at radius 1 is 0.952 bits per heavy atom. The highest BCUT2D eigenvalue weighted by atomic mass is 16.1. The maximum Gasteiger partial charge on any atom is 0.255 e. The molecule has 2 saturated heterocycles. The van der Waals surface area contributed by atoms with Crippen molar-refractivity contribution in [3.05, 3.63) is 60.8 Å². The van der Waals surface area contributed by atoms with Crippen molar-refractivity contribution in [2.75, 3.05) is 63.6 Å². The highest BCUT2D eigenvalue weighted by molar-refractivity contribution is 6.02. The summed E-state index contributed by atoms with van der Waals surface area (Å²) in [4.78, 5) is 37.3. The first-order valence-corrected chi connectivity index (χ1v) is 14.5. The quantitative estimate of drug-likeness (QED) is 0.285. The van der Waals surface area contributed by atoms with Gasteiger partial charge in [0.2, 0.25) is 5.95 Å². The van der Waals surface area contributed by atoms with Crippen LogP contribution in [0, 0.1) is 0 Å². The van der Waals surface area contributed by atoms with Crippen LogP contribution in [0.25, 0.3) is 27.7 Å². The molecule has 0 bridgehead atoms. The fourth-order valence-electron chi connectivity index (χ4n) is 5.76. The van der Waals surface area contributed by atoms with Crippen LogP contribution < -0.4 is 15.5 Å². The number of likely N-dealkylation sites (tertiary alicyclic amines) is 1. The highest BCUT2D eigenvalue weighted by Crippen LogP contribution is 2.30. The number of aromatic amines is 1. The van der Waals surface area contributed by atoms with E-state index < -0.39 is 0 Å². The van der Waals surface area contributed by atoms with Gasteiger partial charge in [-0.1, -0.05) is 0 Å². The average Bonchev–Trinajstić information content (AvgIpc) is 3.63. The molecule has 7 rings (SSSR count). The van der Waals surface area contributed by atoms with Crippen molar-refractivity contribution in [1.29, 1.82) is 0 Å². The smallest absolute Gasteiger partial charge is 0.255 e. The van der Waals surface area contributed by atoms with E-state index in [1.807, 2.05) is 49.1 Å². The summed E-state index contributed by atoms with van der Waals surface area (Å²) in [5.74, 6) is 1.39. The summed E-state index contributed by atoms with van der Waals surface area (Å²) in [6.45, 7) is 6.02. The highest BCUT2D eigenvalue weighted by Gasteiger charge is 2.22. The zero-order valence-corrected chi connectivity index (χ0v) is 23.9. The van der Waals surface area contributed by atoms with Gasteiger partial charge < -0.3 is 30.3 Å². The Morgan fingerprint density at radius 2 is 1.76 bits per heavy atom. The van der Waals surface area contributed by atoms with Crippen molar-refractivity contribution in [3.8, 4) is 11.1 Å². The van der Waals surface area contributed by atoms with Gasteiger partial charge in [0.1, 0.15) is 11.5 Å². The van der Waals surface area contributed by atoms with Crippen LogP contribution in [0.5, 0.6) is 0 Å². The summed E-state index contributed by atoms with van der Waals surface area (Å²) in [5.41, 5.74) is 4.80. The number of carbonyl (C=O) groups excluding carboxylic acids is 1. The monoisotopic (exact) mass is 565 g/mol. The third-order valence-electron chi connectivity index (χ3n) is 8.39. The number of anilines is 3. The van der Waals surface area contributed by atoms with Crippen molar-refractivity contribution in [2.45, 2.75) is 18.9 Å². The van der Waals surface area contributed by atoms with Gasteiger partial charge in [0.25, 0.3) is 5.91 Å². The molecule has 2 aliphatic heterocycles. The number of amides is 1. The maximum absolute atomic E-state index is 13.2. The van der Waals surface area contributed by atoms with E-state index in [1.54, 1.807) is 10.7 Å². The molecule has 0 spiro atoms. The summed E-state index contributed by atoms with van der Waals surface area (Å²) in [5, 5.41) is 11.8. The van der Waals surface area contributed by atoms with Crippen molar-refractivity contribution in [1.82, 2.24) is 44.7 Å². The lowest BCUT2D eigenvalue weighted by Gasteiger charge is -2.33. The van der Waals surface area contributed by atoms with Crippen LogP contribution in [0.2, 0.25) is 0 Å². The Balaban J connectivity index is 1.08. The molecule has 5 aromatic rings. The molecule has 42 heavy (non-hydrogen) atoms. The lowest BCUT2D eigenvalue weighted by atomic mass is 10.0. The third-order valence-corrected chi connectivity index (χ3v) is 8.39. The van der Waals surface area contributed by atoms with Crippen LogP contribution in [0.15, 0.2) is 55.2 Å². The SMILES string of the molecule is CN1CCC(NC(=O)c2cnn3ccc(-c4c[nH]c5nc(Nc6ccc(N7CCN(C)CC7)nc6)ncc45)cc23)CC1.